The first-order valence-corrected chi connectivity index (χ1v) is 9.82. The van der Waals surface area contributed by atoms with Crippen LogP contribution in [0.5, 0.6) is 0 Å². The third-order valence-electron chi connectivity index (χ3n) is 5.62. The summed E-state index contributed by atoms with van der Waals surface area (Å²) in [4.78, 5) is 26.2. The summed E-state index contributed by atoms with van der Waals surface area (Å²) in [5.74, 6) is -1.08. The molecule has 4 nitrogen and oxygen atoms in total. The van der Waals surface area contributed by atoms with Gasteiger partial charge in [-0.05, 0) is 56.0 Å². The summed E-state index contributed by atoms with van der Waals surface area (Å²) >= 11 is 0. The highest BCUT2D eigenvalue weighted by molar-refractivity contribution is 6.10. The lowest BCUT2D eigenvalue weighted by Gasteiger charge is -2.34. The van der Waals surface area contributed by atoms with Gasteiger partial charge in [0.1, 0.15) is 5.82 Å². The Hall–Kier alpha value is -3.21. The molecule has 1 aliphatic heterocycles. The molecule has 0 radical (unpaired) electrons. The van der Waals surface area contributed by atoms with Gasteiger partial charge < -0.3 is 10.6 Å². The Kier molecular flexibility index (Phi) is 5.05. The molecular formula is C24H23FN2O2. The molecule has 0 aromatic heterocycles. The fraction of sp³-hybridized carbons (Fsp3) is 0.250. The van der Waals surface area contributed by atoms with Gasteiger partial charge in [0.2, 0.25) is 0 Å². The average molecular weight is 390 g/mol. The summed E-state index contributed by atoms with van der Waals surface area (Å²) in [6.45, 7) is 3.78. The highest BCUT2D eigenvalue weighted by Gasteiger charge is 2.38. The van der Waals surface area contributed by atoms with E-state index in [0.717, 1.165) is 41.1 Å². The number of anilines is 1. The Balaban J connectivity index is 1.79. The van der Waals surface area contributed by atoms with Crippen molar-refractivity contribution in [2.24, 2.45) is 0 Å². The second-order valence-electron chi connectivity index (χ2n) is 7.59. The van der Waals surface area contributed by atoms with Crippen LogP contribution in [0.2, 0.25) is 0 Å². The van der Waals surface area contributed by atoms with Crippen molar-refractivity contribution in [2.45, 2.75) is 39.0 Å². The number of dihydropyridines is 1. The van der Waals surface area contributed by atoms with Crippen molar-refractivity contribution in [3.63, 3.8) is 0 Å². The summed E-state index contributed by atoms with van der Waals surface area (Å²) < 4.78 is 13.5. The van der Waals surface area contributed by atoms with E-state index in [1.807, 2.05) is 38.1 Å². The molecule has 0 bridgehead atoms. The fourth-order valence-electron chi connectivity index (χ4n) is 4.18. The minimum Gasteiger partial charge on any atom is -0.362 e. The molecule has 0 fully saturated rings. The maximum atomic E-state index is 13.5. The van der Waals surface area contributed by atoms with Gasteiger partial charge in [0.05, 0.1) is 0 Å². The van der Waals surface area contributed by atoms with E-state index < -0.39 is 5.92 Å². The van der Waals surface area contributed by atoms with Crippen LogP contribution in [-0.4, -0.2) is 11.7 Å². The lowest BCUT2D eigenvalue weighted by atomic mass is 9.75. The number of benzene rings is 2. The molecule has 1 heterocycles. The second kappa shape index (κ2) is 7.66. The van der Waals surface area contributed by atoms with Crippen LogP contribution in [0.4, 0.5) is 10.1 Å². The first-order chi connectivity index (χ1) is 14.0. The van der Waals surface area contributed by atoms with Crippen LogP contribution in [0, 0.1) is 12.7 Å². The highest BCUT2D eigenvalue weighted by atomic mass is 19.1. The predicted molar refractivity (Wildman–Crippen MR) is 111 cm³/mol. The quantitative estimate of drug-likeness (QED) is 0.796. The molecule has 0 saturated heterocycles. The molecule has 2 N–H and O–H groups in total. The summed E-state index contributed by atoms with van der Waals surface area (Å²) in [6.07, 6.45) is 2.02. The van der Waals surface area contributed by atoms with Gasteiger partial charge in [0.25, 0.3) is 5.91 Å². The smallest absolute Gasteiger partial charge is 0.254 e. The van der Waals surface area contributed by atoms with Gasteiger partial charge in [-0.3, -0.25) is 9.59 Å². The number of rotatable bonds is 3. The number of aryl methyl sites for hydroxylation is 1. The monoisotopic (exact) mass is 390 g/mol. The normalized spacial score (nSPS) is 19.0. The Labute approximate surface area is 169 Å². The third-order valence-corrected chi connectivity index (χ3v) is 5.62. The zero-order chi connectivity index (χ0) is 20.5. The van der Waals surface area contributed by atoms with Crippen LogP contribution in [0.25, 0.3) is 0 Å². The van der Waals surface area contributed by atoms with Gasteiger partial charge in [-0.1, -0.05) is 30.3 Å². The van der Waals surface area contributed by atoms with E-state index >= 15 is 0 Å². The molecule has 2 aromatic carbocycles. The first-order valence-electron chi connectivity index (χ1n) is 9.82. The molecule has 1 amide bonds. The third kappa shape index (κ3) is 3.60. The number of carbonyl (C=O) groups excluding carboxylic acids is 2. The van der Waals surface area contributed by atoms with Gasteiger partial charge >= 0.3 is 0 Å². The van der Waals surface area contributed by atoms with Crippen molar-refractivity contribution >= 4 is 17.4 Å². The van der Waals surface area contributed by atoms with E-state index in [9.17, 15) is 14.0 Å². The Morgan fingerprint density at radius 3 is 2.52 bits per heavy atom. The van der Waals surface area contributed by atoms with Crippen molar-refractivity contribution in [3.8, 4) is 0 Å². The summed E-state index contributed by atoms with van der Waals surface area (Å²) in [5, 5.41) is 6.28. The average Bonchev–Trinajstić information content (AvgIpc) is 2.69. The van der Waals surface area contributed by atoms with Gasteiger partial charge in [0.15, 0.2) is 5.78 Å². The SMILES string of the molecule is CC1=C(C(=O)Nc2ccccc2C)[C@H](c2ccc(F)cc2)C2=C(CCCC2=O)N1. The molecule has 5 heteroatoms. The molecule has 1 atom stereocenters. The van der Waals surface area contributed by atoms with Crippen molar-refractivity contribution in [1.82, 2.24) is 5.32 Å². The van der Waals surface area contributed by atoms with Gasteiger partial charge in [0, 0.05) is 40.6 Å². The number of ketones is 1. The minimum atomic E-state index is -0.510. The number of Topliss-reactive ketones (excluding diaryl/α,β-unsaturated/α-hetero) is 1. The maximum Gasteiger partial charge on any atom is 0.254 e. The number of halogens is 1. The van der Waals surface area contributed by atoms with Crippen molar-refractivity contribution < 1.29 is 14.0 Å². The van der Waals surface area contributed by atoms with Crippen molar-refractivity contribution in [1.29, 1.82) is 0 Å². The van der Waals surface area contributed by atoms with Crippen LogP contribution in [0.15, 0.2) is 71.1 Å². The zero-order valence-electron chi connectivity index (χ0n) is 16.5. The fourth-order valence-corrected chi connectivity index (χ4v) is 4.18. The van der Waals surface area contributed by atoms with Crippen LogP contribution >= 0.6 is 0 Å². The lowest BCUT2D eigenvalue weighted by Crippen LogP contribution is -2.35. The molecule has 0 unspecified atom stereocenters. The summed E-state index contributed by atoms with van der Waals surface area (Å²) in [5.41, 5.74) is 5.14. The van der Waals surface area contributed by atoms with Gasteiger partial charge in [-0.25, -0.2) is 4.39 Å². The highest BCUT2D eigenvalue weighted by Crippen LogP contribution is 2.42. The number of nitrogens with one attached hydrogen (secondary N) is 2. The van der Waals surface area contributed by atoms with E-state index in [2.05, 4.69) is 10.6 Å². The second-order valence-corrected chi connectivity index (χ2v) is 7.59. The van der Waals surface area contributed by atoms with E-state index in [-0.39, 0.29) is 17.5 Å². The lowest BCUT2D eigenvalue weighted by molar-refractivity contribution is -0.116. The molecule has 1 aliphatic carbocycles. The summed E-state index contributed by atoms with van der Waals surface area (Å²) in [6, 6.07) is 13.6. The number of hydrogen-bond acceptors (Lipinski definition) is 3. The largest absolute Gasteiger partial charge is 0.362 e. The molecular weight excluding hydrogens is 367 g/mol. The number of amides is 1. The Morgan fingerprint density at radius 2 is 1.79 bits per heavy atom. The topological polar surface area (TPSA) is 58.2 Å². The summed E-state index contributed by atoms with van der Waals surface area (Å²) in [7, 11) is 0. The van der Waals surface area contributed by atoms with Crippen molar-refractivity contribution in [3.05, 3.63) is 88.0 Å². The Morgan fingerprint density at radius 1 is 1.07 bits per heavy atom. The predicted octanol–water partition coefficient (Wildman–Crippen LogP) is 4.74. The number of para-hydroxylation sites is 1. The van der Waals surface area contributed by atoms with E-state index in [1.165, 1.54) is 12.1 Å². The maximum absolute atomic E-state index is 13.5. The molecule has 0 saturated carbocycles. The molecule has 148 valence electrons. The molecule has 4 rings (SSSR count). The Bertz CT molecular complexity index is 1050. The molecule has 0 spiro atoms. The number of allylic oxidation sites excluding steroid dienone is 3. The van der Waals surface area contributed by atoms with Gasteiger partial charge in [-0.2, -0.15) is 0 Å². The van der Waals surface area contributed by atoms with E-state index in [4.69, 9.17) is 0 Å². The molecule has 29 heavy (non-hydrogen) atoms. The first kappa shape index (κ1) is 19.1. The standard InChI is InChI=1S/C24H23FN2O2/c1-14-6-3-4-7-18(14)27-24(29)21-15(2)26-19-8-5-9-20(28)23(19)22(21)16-10-12-17(25)13-11-16/h3-4,6-7,10-13,22,26H,5,8-9H2,1-2H3,(H,27,29)/t22-/m0/s1. The molecule has 2 aliphatic rings. The van der Waals surface area contributed by atoms with Crippen LogP contribution in [-0.2, 0) is 9.59 Å². The van der Waals surface area contributed by atoms with E-state index in [1.54, 1.807) is 12.1 Å². The zero-order valence-corrected chi connectivity index (χ0v) is 16.5. The minimum absolute atomic E-state index is 0.0433. The van der Waals surface area contributed by atoms with Crippen LogP contribution < -0.4 is 10.6 Å². The number of hydrogen-bond donors (Lipinski definition) is 2. The van der Waals surface area contributed by atoms with Crippen molar-refractivity contribution in [2.75, 3.05) is 5.32 Å². The van der Waals surface area contributed by atoms with Gasteiger partial charge in [-0.15, -0.1) is 0 Å². The number of carbonyl (C=O) groups is 2. The van der Waals surface area contributed by atoms with Crippen LogP contribution in [0.1, 0.15) is 43.2 Å². The van der Waals surface area contributed by atoms with E-state index in [0.29, 0.717) is 17.6 Å². The van der Waals surface area contributed by atoms with Crippen LogP contribution in [0.3, 0.4) is 0 Å². The molecule has 2 aromatic rings.